The summed E-state index contributed by atoms with van der Waals surface area (Å²) in [5, 5.41) is 0.666. The number of amides is 2. The van der Waals surface area contributed by atoms with Crippen molar-refractivity contribution in [3.63, 3.8) is 0 Å². The lowest BCUT2D eigenvalue weighted by Crippen LogP contribution is -2.35. The molecule has 2 amide bonds. The average Bonchev–Trinajstić information content (AvgIpc) is 3.09. The molecule has 140 valence electrons. The SMILES string of the molecule is COc1ccccc1N(CCC(N)=O)C(=O)CSc1nc2ccccc2[nH]1. The molecule has 1 aromatic heterocycles. The van der Waals surface area contributed by atoms with E-state index in [1.54, 1.807) is 19.2 Å². The van der Waals surface area contributed by atoms with Crippen LogP contribution in [-0.2, 0) is 9.59 Å². The fourth-order valence-electron chi connectivity index (χ4n) is 2.66. The molecule has 1 heterocycles. The van der Waals surface area contributed by atoms with Crippen LogP contribution in [0, 0.1) is 0 Å². The summed E-state index contributed by atoms with van der Waals surface area (Å²) in [5.74, 6) is 0.0966. The standard InChI is InChI=1S/C19H20N4O3S/c1-26-16-9-5-4-8-15(16)23(11-10-17(20)24)18(25)12-27-19-21-13-6-2-3-7-14(13)22-19/h2-9H,10-12H2,1H3,(H2,20,24)(H,21,22). The van der Waals surface area contributed by atoms with Crippen molar-refractivity contribution < 1.29 is 14.3 Å². The highest BCUT2D eigenvalue weighted by atomic mass is 32.2. The van der Waals surface area contributed by atoms with Crippen molar-refractivity contribution in [2.75, 3.05) is 24.3 Å². The number of aromatic amines is 1. The van der Waals surface area contributed by atoms with E-state index in [0.29, 0.717) is 16.6 Å². The van der Waals surface area contributed by atoms with Gasteiger partial charge in [0.05, 0.1) is 29.6 Å². The molecule has 0 saturated heterocycles. The maximum atomic E-state index is 12.9. The number of para-hydroxylation sites is 4. The predicted molar refractivity (Wildman–Crippen MR) is 106 cm³/mol. The number of fused-ring (bicyclic) bond motifs is 1. The molecule has 3 N–H and O–H groups in total. The number of benzene rings is 2. The zero-order chi connectivity index (χ0) is 19.2. The molecule has 0 aliphatic heterocycles. The van der Waals surface area contributed by atoms with E-state index >= 15 is 0 Å². The first-order valence-corrected chi connectivity index (χ1v) is 9.36. The topological polar surface area (TPSA) is 101 Å². The number of rotatable bonds is 8. The summed E-state index contributed by atoms with van der Waals surface area (Å²) in [7, 11) is 1.54. The Morgan fingerprint density at radius 1 is 1.19 bits per heavy atom. The number of thioether (sulfide) groups is 1. The van der Waals surface area contributed by atoms with E-state index in [2.05, 4.69) is 9.97 Å². The lowest BCUT2D eigenvalue weighted by Gasteiger charge is -2.24. The van der Waals surface area contributed by atoms with Crippen molar-refractivity contribution >= 4 is 40.3 Å². The van der Waals surface area contributed by atoms with E-state index in [0.717, 1.165) is 11.0 Å². The van der Waals surface area contributed by atoms with Gasteiger partial charge in [-0.15, -0.1) is 0 Å². The molecule has 0 unspecified atom stereocenters. The number of nitrogens with two attached hydrogens (primary N) is 1. The van der Waals surface area contributed by atoms with Crippen LogP contribution in [0.2, 0.25) is 0 Å². The van der Waals surface area contributed by atoms with Gasteiger partial charge in [0.1, 0.15) is 5.75 Å². The molecule has 0 spiro atoms. The fourth-order valence-corrected chi connectivity index (χ4v) is 3.42. The summed E-state index contributed by atoms with van der Waals surface area (Å²) in [6.45, 7) is 0.190. The molecule has 27 heavy (non-hydrogen) atoms. The Kier molecular flexibility index (Phi) is 5.97. The van der Waals surface area contributed by atoms with Gasteiger partial charge in [-0.3, -0.25) is 9.59 Å². The third kappa shape index (κ3) is 4.59. The molecule has 0 aliphatic carbocycles. The van der Waals surface area contributed by atoms with Crippen LogP contribution >= 0.6 is 11.8 Å². The van der Waals surface area contributed by atoms with Crippen molar-refractivity contribution in [1.29, 1.82) is 0 Å². The van der Waals surface area contributed by atoms with E-state index in [1.807, 2.05) is 36.4 Å². The van der Waals surface area contributed by atoms with Crippen LogP contribution in [0.1, 0.15) is 6.42 Å². The molecule has 3 rings (SSSR count). The highest BCUT2D eigenvalue weighted by Gasteiger charge is 2.20. The van der Waals surface area contributed by atoms with Crippen LogP contribution in [0.15, 0.2) is 53.7 Å². The van der Waals surface area contributed by atoms with Crippen molar-refractivity contribution in [2.24, 2.45) is 5.73 Å². The van der Waals surface area contributed by atoms with Crippen LogP contribution in [0.25, 0.3) is 11.0 Å². The number of methoxy groups -OCH3 is 1. The number of nitrogens with zero attached hydrogens (tertiary/aromatic N) is 2. The number of hydrogen-bond acceptors (Lipinski definition) is 5. The fraction of sp³-hybridized carbons (Fsp3) is 0.211. The first kappa shape index (κ1) is 18.8. The number of carbonyl (C=O) groups is 2. The molecule has 0 fully saturated rings. The van der Waals surface area contributed by atoms with Crippen molar-refractivity contribution in [1.82, 2.24) is 9.97 Å². The lowest BCUT2D eigenvalue weighted by atomic mass is 10.2. The van der Waals surface area contributed by atoms with E-state index in [9.17, 15) is 9.59 Å². The number of H-pyrrole nitrogens is 1. The highest BCUT2D eigenvalue weighted by Crippen LogP contribution is 2.29. The van der Waals surface area contributed by atoms with Crippen molar-refractivity contribution in [2.45, 2.75) is 11.6 Å². The van der Waals surface area contributed by atoms with Gasteiger partial charge in [0, 0.05) is 13.0 Å². The normalized spacial score (nSPS) is 10.7. The molecule has 0 aliphatic rings. The lowest BCUT2D eigenvalue weighted by molar-refractivity contribution is -0.118. The van der Waals surface area contributed by atoms with E-state index < -0.39 is 5.91 Å². The van der Waals surface area contributed by atoms with Crippen LogP contribution in [0.4, 0.5) is 5.69 Å². The van der Waals surface area contributed by atoms with Crippen molar-refractivity contribution in [3.05, 3.63) is 48.5 Å². The number of imidazole rings is 1. The average molecular weight is 384 g/mol. The van der Waals surface area contributed by atoms with Crippen molar-refractivity contribution in [3.8, 4) is 5.75 Å². The second-order valence-corrected chi connectivity index (χ2v) is 6.75. The molecule has 0 radical (unpaired) electrons. The number of ether oxygens (including phenoxy) is 1. The van der Waals surface area contributed by atoms with Gasteiger partial charge >= 0.3 is 0 Å². The Hall–Kier alpha value is -3.00. The minimum absolute atomic E-state index is 0.0685. The third-order valence-electron chi connectivity index (χ3n) is 3.96. The monoisotopic (exact) mass is 384 g/mol. The van der Waals surface area contributed by atoms with E-state index in [1.165, 1.54) is 16.7 Å². The van der Waals surface area contributed by atoms with Gasteiger partial charge in [-0.25, -0.2) is 4.98 Å². The number of anilines is 1. The predicted octanol–water partition coefficient (Wildman–Crippen LogP) is 2.57. The van der Waals surface area contributed by atoms with Gasteiger partial charge in [0.25, 0.3) is 0 Å². The number of hydrogen-bond donors (Lipinski definition) is 2. The summed E-state index contributed by atoms with van der Waals surface area (Å²) in [6.07, 6.45) is 0.0685. The smallest absolute Gasteiger partial charge is 0.237 e. The summed E-state index contributed by atoms with van der Waals surface area (Å²) >= 11 is 1.31. The van der Waals surface area contributed by atoms with Crippen LogP contribution in [0.3, 0.4) is 0 Å². The maximum absolute atomic E-state index is 12.9. The molecule has 8 heteroatoms. The Morgan fingerprint density at radius 3 is 2.67 bits per heavy atom. The molecule has 0 bridgehead atoms. The molecule has 0 saturated carbocycles. The first-order chi connectivity index (χ1) is 13.1. The number of carbonyl (C=O) groups excluding carboxylic acids is 2. The quantitative estimate of drug-likeness (QED) is 0.581. The molecule has 3 aromatic rings. The molecule has 0 atom stereocenters. The molecular formula is C19H20N4O3S. The minimum Gasteiger partial charge on any atom is -0.495 e. The first-order valence-electron chi connectivity index (χ1n) is 8.37. The Morgan fingerprint density at radius 2 is 1.93 bits per heavy atom. The van der Waals surface area contributed by atoms with Gasteiger partial charge in [-0.05, 0) is 24.3 Å². The van der Waals surface area contributed by atoms with E-state index in [4.69, 9.17) is 10.5 Å². The third-order valence-corrected chi connectivity index (χ3v) is 4.82. The summed E-state index contributed by atoms with van der Waals surface area (Å²) < 4.78 is 5.35. The zero-order valence-corrected chi connectivity index (χ0v) is 15.7. The molecule has 7 nitrogen and oxygen atoms in total. The second kappa shape index (κ2) is 8.59. The van der Waals surface area contributed by atoms with Gasteiger partial charge in [0.15, 0.2) is 5.16 Å². The van der Waals surface area contributed by atoms with Gasteiger partial charge in [-0.2, -0.15) is 0 Å². The van der Waals surface area contributed by atoms with Crippen LogP contribution < -0.4 is 15.4 Å². The van der Waals surface area contributed by atoms with Gasteiger partial charge in [0.2, 0.25) is 11.8 Å². The summed E-state index contributed by atoms with van der Waals surface area (Å²) in [4.78, 5) is 33.3. The van der Waals surface area contributed by atoms with Gasteiger partial charge < -0.3 is 20.4 Å². The summed E-state index contributed by atoms with van der Waals surface area (Å²) in [6, 6.07) is 14.9. The van der Waals surface area contributed by atoms with Crippen LogP contribution in [0.5, 0.6) is 5.75 Å². The molecular weight excluding hydrogens is 364 g/mol. The second-order valence-electron chi connectivity index (χ2n) is 5.78. The Bertz CT molecular complexity index is 924. The molecule has 2 aromatic carbocycles. The van der Waals surface area contributed by atoms with E-state index in [-0.39, 0.29) is 24.6 Å². The highest BCUT2D eigenvalue weighted by molar-refractivity contribution is 7.99. The van der Waals surface area contributed by atoms with Crippen LogP contribution in [-0.4, -0.2) is 41.2 Å². The number of aromatic nitrogens is 2. The summed E-state index contributed by atoms with van der Waals surface area (Å²) in [5.41, 5.74) is 7.65. The maximum Gasteiger partial charge on any atom is 0.237 e. The Labute approximate surface area is 160 Å². The van der Waals surface area contributed by atoms with Gasteiger partial charge in [-0.1, -0.05) is 36.0 Å². The number of nitrogens with one attached hydrogen (secondary N) is 1. The minimum atomic E-state index is -0.465. The largest absolute Gasteiger partial charge is 0.495 e. The number of primary amides is 1. The Balaban J connectivity index is 1.76. The zero-order valence-electron chi connectivity index (χ0n) is 14.8.